The van der Waals surface area contributed by atoms with Gasteiger partial charge in [-0.05, 0) is 12.1 Å². The summed E-state index contributed by atoms with van der Waals surface area (Å²) in [6.07, 6.45) is 0. The van der Waals surface area contributed by atoms with E-state index in [1.54, 1.807) is 17.7 Å². The van der Waals surface area contributed by atoms with Crippen molar-refractivity contribution >= 4 is 22.7 Å². The molecule has 23 heavy (non-hydrogen) atoms. The van der Waals surface area contributed by atoms with Crippen molar-refractivity contribution < 1.29 is 4.52 Å². The molecular formula is C16H18N4O2S. The van der Waals surface area contributed by atoms with Crippen LogP contribution in [0.4, 0.5) is 0 Å². The minimum absolute atomic E-state index is 0.0541. The molecule has 0 aliphatic rings. The Morgan fingerprint density at radius 1 is 1.22 bits per heavy atom. The smallest absolute Gasteiger partial charge is 0.261 e. The highest BCUT2D eigenvalue weighted by atomic mass is 32.2. The van der Waals surface area contributed by atoms with Gasteiger partial charge in [-0.25, -0.2) is 4.98 Å². The molecule has 0 saturated carbocycles. The molecule has 0 saturated heterocycles. The fraction of sp³-hybridized carbons (Fsp3) is 0.375. The summed E-state index contributed by atoms with van der Waals surface area (Å²) in [6.45, 7) is 6.06. The van der Waals surface area contributed by atoms with E-state index < -0.39 is 0 Å². The molecule has 0 fully saturated rings. The van der Waals surface area contributed by atoms with Gasteiger partial charge in [-0.1, -0.05) is 49.8 Å². The molecule has 0 spiro atoms. The fourth-order valence-electron chi connectivity index (χ4n) is 2.07. The Bertz CT molecular complexity index is 908. The first-order valence-electron chi connectivity index (χ1n) is 7.28. The van der Waals surface area contributed by atoms with E-state index in [2.05, 4.69) is 15.1 Å². The standard InChI is InChI=1S/C16H18N4O2S/c1-16(2,3)14-18-12(19-22-14)9-23-15-17-11-8-6-5-7-10(11)13(21)20(15)4/h5-8H,9H2,1-4H3. The number of nitrogens with zero attached hydrogens (tertiary/aromatic N) is 4. The lowest BCUT2D eigenvalue weighted by Crippen LogP contribution is -2.19. The van der Waals surface area contributed by atoms with Crippen LogP contribution >= 0.6 is 11.8 Å². The van der Waals surface area contributed by atoms with Gasteiger partial charge in [0.25, 0.3) is 5.56 Å². The van der Waals surface area contributed by atoms with Crippen molar-refractivity contribution in [1.82, 2.24) is 19.7 Å². The summed E-state index contributed by atoms with van der Waals surface area (Å²) in [5.74, 6) is 1.70. The van der Waals surface area contributed by atoms with Crippen LogP contribution in [0.2, 0.25) is 0 Å². The molecule has 120 valence electrons. The molecule has 0 amide bonds. The van der Waals surface area contributed by atoms with Crippen LogP contribution in [-0.2, 0) is 18.2 Å². The molecule has 0 radical (unpaired) electrons. The third-order valence-electron chi connectivity index (χ3n) is 3.38. The first-order valence-corrected chi connectivity index (χ1v) is 8.26. The number of aromatic nitrogens is 4. The SMILES string of the molecule is Cn1c(SCc2noc(C(C)(C)C)n2)nc2ccccc2c1=O. The molecule has 3 rings (SSSR count). The maximum atomic E-state index is 12.4. The molecule has 0 bridgehead atoms. The van der Waals surface area contributed by atoms with Crippen LogP contribution in [0.3, 0.4) is 0 Å². The van der Waals surface area contributed by atoms with E-state index in [4.69, 9.17) is 4.52 Å². The molecule has 0 atom stereocenters. The molecule has 0 unspecified atom stereocenters. The monoisotopic (exact) mass is 330 g/mol. The molecular weight excluding hydrogens is 312 g/mol. The van der Waals surface area contributed by atoms with Gasteiger partial charge in [0.2, 0.25) is 5.89 Å². The Balaban J connectivity index is 1.86. The minimum atomic E-state index is -0.177. The molecule has 0 aliphatic carbocycles. The van der Waals surface area contributed by atoms with Crippen molar-refractivity contribution in [1.29, 1.82) is 0 Å². The summed E-state index contributed by atoms with van der Waals surface area (Å²) in [6, 6.07) is 7.34. The van der Waals surface area contributed by atoms with E-state index in [9.17, 15) is 4.79 Å². The molecule has 6 nitrogen and oxygen atoms in total. The van der Waals surface area contributed by atoms with E-state index in [1.165, 1.54) is 11.8 Å². The second-order valence-electron chi connectivity index (χ2n) is 6.33. The fourth-order valence-corrected chi connectivity index (χ4v) is 2.89. The van der Waals surface area contributed by atoms with Crippen molar-refractivity contribution in [2.24, 2.45) is 7.05 Å². The van der Waals surface area contributed by atoms with E-state index in [0.717, 1.165) is 0 Å². The maximum Gasteiger partial charge on any atom is 0.261 e. The average molecular weight is 330 g/mol. The van der Waals surface area contributed by atoms with Gasteiger partial charge in [-0.15, -0.1) is 0 Å². The van der Waals surface area contributed by atoms with Gasteiger partial charge in [0.1, 0.15) is 0 Å². The summed E-state index contributed by atoms with van der Waals surface area (Å²) in [4.78, 5) is 21.3. The predicted octanol–water partition coefficient (Wildman–Crippen LogP) is 2.91. The number of thioether (sulfide) groups is 1. The number of para-hydroxylation sites is 1. The quantitative estimate of drug-likeness (QED) is 0.543. The van der Waals surface area contributed by atoms with Crippen LogP contribution in [0.5, 0.6) is 0 Å². The van der Waals surface area contributed by atoms with Gasteiger partial charge in [0.05, 0.1) is 16.7 Å². The Morgan fingerprint density at radius 3 is 2.65 bits per heavy atom. The molecule has 0 N–H and O–H groups in total. The van der Waals surface area contributed by atoms with E-state index in [0.29, 0.717) is 33.5 Å². The normalized spacial score (nSPS) is 12.0. The van der Waals surface area contributed by atoms with Crippen LogP contribution < -0.4 is 5.56 Å². The van der Waals surface area contributed by atoms with Crippen LogP contribution in [0, 0.1) is 0 Å². The Kier molecular flexibility index (Phi) is 3.97. The van der Waals surface area contributed by atoms with Gasteiger partial charge < -0.3 is 4.52 Å². The lowest BCUT2D eigenvalue weighted by molar-refractivity contribution is 0.319. The van der Waals surface area contributed by atoms with Gasteiger partial charge in [0.15, 0.2) is 11.0 Å². The zero-order valence-electron chi connectivity index (χ0n) is 13.5. The lowest BCUT2D eigenvalue weighted by Gasteiger charge is -2.10. The topological polar surface area (TPSA) is 73.8 Å². The highest BCUT2D eigenvalue weighted by molar-refractivity contribution is 7.98. The van der Waals surface area contributed by atoms with Gasteiger partial charge in [-0.2, -0.15) is 4.98 Å². The first-order chi connectivity index (χ1) is 10.9. The largest absolute Gasteiger partial charge is 0.339 e. The van der Waals surface area contributed by atoms with Crippen molar-refractivity contribution in [3.8, 4) is 0 Å². The lowest BCUT2D eigenvalue weighted by atomic mass is 9.97. The van der Waals surface area contributed by atoms with Crippen molar-refractivity contribution in [3.63, 3.8) is 0 Å². The Hall–Kier alpha value is -2.15. The van der Waals surface area contributed by atoms with Crippen LogP contribution in [0.25, 0.3) is 10.9 Å². The van der Waals surface area contributed by atoms with E-state index in [1.807, 2.05) is 39.0 Å². The number of benzene rings is 1. The average Bonchev–Trinajstić information content (AvgIpc) is 2.99. The van der Waals surface area contributed by atoms with Gasteiger partial charge in [0, 0.05) is 12.5 Å². The number of fused-ring (bicyclic) bond motifs is 1. The number of hydrogen-bond acceptors (Lipinski definition) is 6. The van der Waals surface area contributed by atoms with Crippen molar-refractivity contribution in [3.05, 3.63) is 46.3 Å². The Labute approximate surface area is 137 Å². The highest BCUT2D eigenvalue weighted by Gasteiger charge is 2.22. The van der Waals surface area contributed by atoms with Crippen molar-refractivity contribution in [2.45, 2.75) is 37.1 Å². The number of rotatable bonds is 3. The van der Waals surface area contributed by atoms with E-state index in [-0.39, 0.29) is 11.0 Å². The first kappa shape index (κ1) is 15.7. The molecule has 2 heterocycles. The summed E-state index contributed by atoms with van der Waals surface area (Å²) >= 11 is 1.42. The predicted molar refractivity (Wildman–Crippen MR) is 89.5 cm³/mol. The summed E-state index contributed by atoms with van der Waals surface area (Å²) in [5.41, 5.74) is 0.465. The summed E-state index contributed by atoms with van der Waals surface area (Å²) < 4.78 is 6.83. The molecule has 7 heteroatoms. The second-order valence-corrected chi connectivity index (χ2v) is 7.27. The maximum absolute atomic E-state index is 12.4. The van der Waals surface area contributed by atoms with Crippen molar-refractivity contribution in [2.75, 3.05) is 0 Å². The van der Waals surface area contributed by atoms with Gasteiger partial charge >= 0.3 is 0 Å². The zero-order chi connectivity index (χ0) is 16.6. The Morgan fingerprint density at radius 2 is 1.96 bits per heavy atom. The van der Waals surface area contributed by atoms with Crippen LogP contribution in [-0.4, -0.2) is 19.7 Å². The van der Waals surface area contributed by atoms with Crippen LogP contribution in [0.1, 0.15) is 32.5 Å². The molecule has 1 aromatic carbocycles. The van der Waals surface area contributed by atoms with Gasteiger partial charge in [-0.3, -0.25) is 9.36 Å². The molecule has 3 aromatic rings. The highest BCUT2D eigenvalue weighted by Crippen LogP contribution is 2.23. The van der Waals surface area contributed by atoms with Crippen LogP contribution in [0.15, 0.2) is 38.7 Å². The molecule has 2 aromatic heterocycles. The third-order valence-corrected chi connectivity index (χ3v) is 4.41. The summed E-state index contributed by atoms with van der Waals surface area (Å²) in [7, 11) is 1.72. The summed E-state index contributed by atoms with van der Waals surface area (Å²) in [5, 5.41) is 5.24. The number of hydrogen-bond donors (Lipinski definition) is 0. The minimum Gasteiger partial charge on any atom is -0.339 e. The second kappa shape index (κ2) is 5.81. The zero-order valence-corrected chi connectivity index (χ0v) is 14.3. The molecule has 0 aliphatic heterocycles. The third kappa shape index (κ3) is 3.14. The van der Waals surface area contributed by atoms with E-state index >= 15 is 0 Å².